The summed E-state index contributed by atoms with van der Waals surface area (Å²) in [6.45, 7) is 1.77. The van der Waals surface area contributed by atoms with Crippen molar-refractivity contribution in [3.8, 4) is 0 Å². The van der Waals surface area contributed by atoms with Crippen molar-refractivity contribution in [2.45, 2.75) is 25.5 Å². The lowest BCUT2D eigenvalue weighted by molar-refractivity contribution is 0.113. The molecule has 1 aliphatic carbocycles. The second-order valence-electron chi connectivity index (χ2n) is 4.94. The molecule has 5 nitrogen and oxygen atoms in total. The van der Waals surface area contributed by atoms with Crippen LogP contribution in [0.2, 0.25) is 0 Å². The molecule has 0 aliphatic heterocycles. The fraction of sp³-hybridized carbons (Fsp3) is 0.615. The van der Waals surface area contributed by atoms with Gasteiger partial charge in [0.15, 0.2) is 0 Å². The Bertz CT molecular complexity index is 374. The lowest BCUT2D eigenvalue weighted by atomic mass is 10.2. The first kappa shape index (κ1) is 13.0. The van der Waals surface area contributed by atoms with Crippen molar-refractivity contribution in [1.82, 2.24) is 14.8 Å². The summed E-state index contributed by atoms with van der Waals surface area (Å²) < 4.78 is 2.01. The molecular formula is C13H21N3O2. The highest BCUT2D eigenvalue weighted by molar-refractivity contribution is 5.73. The summed E-state index contributed by atoms with van der Waals surface area (Å²) in [5.74, 6) is 0.403. The first-order valence-electron chi connectivity index (χ1n) is 6.44. The van der Waals surface area contributed by atoms with Gasteiger partial charge in [-0.15, -0.1) is 0 Å². The molecule has 2 rings (SSSR count). The summed E-state index contributed by atoms with van der Waals surface area (Å²) in [5.41, 5.74) is 0. The second-order valence-corrected chi connectivity index (χ2v) is 4.94. The maximum absolute atomic E-state index is 11.7. The van der Waals surface area contributed by atoms with Crippen LogP contribution in [0.1, 0.15) is 12.8 Å². The molecule has 1 aromatic rings. The van der Waals surface area contributed by atoms with Crippen LogP contribution in [0.3, 0.4) is 0 Å². The van der Waals surface area contributed by atoms with E-state index in [0.29, 0.717) is 19.0 Å². The number of nitrogens with zero attached hydrogens (tertiary/aromatic N) is 2. The third-order valence-electron chi connectivity index (χ3n) is 3.29. The van der Waals surface area contributed by atoms with Crippen LogP contribution in [0.4, 0.5) is 4.79 Å². The smallest absolute Gasteiger partial charge is 0.317 e. The van der Waals surface area contributed by atoms with Gasteiger partial charge in [-0.2, -0.15) is 0 Å². The minimum atomic E-state index is -0.370. The zero-order valence-corrected chi connectivity index (χ0v) is 10.7. The van der Waals surface area contributed by atoms with Gasteiger partial charge in [0, 0.05) is 39.1 Å². The largest absolute Gasteiger partial charge is 0.391 e. The zero-order chi connectivity index (χ0) is 13.0. The molecule has 1 saturated carbocycles. The number of carbonyl (C=O) groups excluding carboxylic acids is 1. The van der Waals surface area contributed by atoms with Crippen molar-refractivity contribution in [1.29, 1.82) is 0 Å². The Hall–Kier alpha value is -1.49. The fourth-order valence-electron chi connectivity index (χ4n) is 1.94. The predicted molar refractivity (Wildman–Crippen MR) is 69.2 cm³/mol. The van der Waals surface area contributed by atoms with Gasteiger partial charge < -0.3 is 19.9 Å². The summed E-state index contributed by atoms with van der Waals surface area (Å²) in [6.07, 6.45) is 5.73. The Morgan fingerprint density at radius 3 is 2.78 bits per heavy atom. The van der Waals surface area contributed by atoms with Gasteiger partial charge in [0.2, 0.25) is 0 Å². The molecular weight excluding hydrogens is 230 g/mol. The average Bonchev–Trinajstić information content (AvgIpc) is 3.08. The van der Waals surface area contributed by atoms with Crippen LogP contribution in [0.15, 0.2) is 24.5 Å². The highest BCUT2D eigenvalue weighted by atomic mass is 16.3. The Morgan fingerprint density at radius 2 is 2.17 bits per heavy atom. The topological polar surface area (TPSA) is 57.5 Å². The van der Waals surface area contributed by atoms with Gasteiger partial charge in [-0.1, -0.05) is 0 Å². The third-order valence-corrected chi connectivity index (χ3v) is 3.29. The molecule has 5 heteroatoms. The van der Waals surface area contributed by atoms with Gasteiger partial charge in [-0.05, 0) is 30.9 Å². The number of aliphatic hydroxyl groups is 1. The van der Waals surface area contributed by atoms with E-state index in [4.69, 9.17) is 0 Å². The standard InChI is InChI=1S/C13H21N3O2/c1-15(10-12(17)11-4-5-11)13(18)14-6-9-16-7-2-3-8-16/h2-3,7-8,11-12,17H,4-6,9-10H2,1H3,(H,14,18). The van der Waals surface area contributed by atoms with Gasteiger partial charge >= 0.3 is 6.03 Å². The number of hydrogen-bond donors (Lipinski definition) is 2. The maximum atomic E-state index is 11.7. The number of likely N-dealkylation sites (N-methyl/N-ethyl adjacent to an activating group) is 1. The molecule has 1 atom stereocenters. The van der Waals surface area contributed by atoms with Crippen LogP contribution >= 0.6 is 0 Å². The van der Waals surface area contributed by atoms with E-state index in [9.17, 15) is 9.90 Å². The first-order valence-corrected chi connectivity index (χ1v) is 6.44. The number of amides is 2. The molecule has 0 aromatic carbocycles. The van der Waals surface area contributed by atoms with Crippen molar-refractivity contribution in [3.05, 3.63) is 24.5 Å². The van der Waals surface area contributed by atoms with Gasteiger partial charge in [0.25, 0.3) is 0 Å². The summed E-state index contributed by atoms with van der Waals surface area (Å²) in [5, 5.41) is 12.6. The first-order chi connectivity index (χ1) is 8.66. The predicted octanol–water partition coefficient (Wildman–Crippen LogP) is 0.900. The summed E-state index contributed by atoms with van der Waals surface area (Å²) >= 11 is 0. The van der Waals surface area contributed by atoms with Gasteiger partial charge in [0.05, 0.1) is 6.10 Å². The maximum Gasteiger partial charge on any atom is 0.317 e. The summed E-state index contributed by atoms with van der Waals surface area (Å²) in [7, 11) is 1.72. The molecule has 1 aliphatic rings. The van der Waals surface area contributed by atoms with Gasteiger partial charge in [-0.3, -0.25) is 0 Å². The lowest BCUT2D eigenvalue weighted by Crippen LogP contribution is -2.42. The molecule has 2 N–H and O–H groups in total. The van der Waals surface area contributed by atoms with Gasteiger partial charge in [0.1, 0.15) is 0 Å². The highest BCUT2D eigenvalue weighted by Crippen LogP contribution is 2.32. The third kappa shape index (κ3) is 3.77. The number of rotatable bonds is 6. The van der Waals surface area contributed by atoms with E-state index in [1.165, 1.54) is 0 Å². The molecule has 1 heterocycles. The molecule has 100 valence electrons. The highest BCUT2D eigenvalue weighted by Gasteiger charge is 2.31. The minimum absolute atomic E-state index is 0.123. The number of aromatic nitrogens is 1. The van der Waals surface area contributed by atoms with E-state index in [1.807, 2.05) is 29.1 Å². The molecule has 0 bridgehead atoms. The summed E-state index contributed by atoms with van der Waals surface area (Å²) in [4.78, 5) is 13.3. The Balaban J connectivity index is 1.63. The van der Waals surface area contributed by atoms with Crippen molar-refractivity contribution in [2.75, 3.05) is 20.1 Å². The SMILES string of the molecule is CN(CC(O)C1CC1)C(=O)NCCn1cccc1. The Labute approximate surface area is 107 Å². The molecule has 1 fully saturated rings. The quantitative estimate of drug-likeness (QED) is 0.789. The summed E-state index contributed by atoms with van der Waals surface area (Å²) in [6, 6.07) is 3.79. The molecule has 18 heavy (non-hydrogen) atoms. The number of nitrogens with one attached hydrogen (secondary N) is 1. The molecule has 1 unspecified atom stereocenters. The zero-order valence-electron chi connectivity index (χ0n) is 10.7. The van der Waals surface area contributed by atoms with Gasteiger partial charge in [-0.25, -0.2) is 4.79 Å². The van der Waals surface area contributed by atoms with Crippen molar-refractivity contribution >= 4 is 6.03 Å². The normalized spacial score (nSPS) is 16.3. The van der Waals surface area contributed by atoms with E-state index < -0.39 is 0 Å². The van der Waals surface area contributed by atoms with Crippen LogP contribution < -0.4 is 5.32 Å². The second kappa shape index (κ2) is 5.91. The average molecular weight is 251 g/mol. The van der Waals surface area contributed by atoms with Crippen LogP contribution in [0.5, 0.6) is 0 Å². The lowest BCUT2D eigenvalue weighted by Gasteiger charge is -2.21. The van der Waals surface area contributed by atoms with Crippen molar-refractivity contribution in [3.63, 3.8) is 0 Å². The van der Waals surface area contributed by atoms with Crippen molar-refractivity contribution < 1.29 is 9.90 Å². The number of carbonyl (C=O) groups is 1. The molecule has 2 amide bonds. The molecule has 0 radical (unpaired) electrons. The number of urea groups is 1. The molecule has 0 saturated heterocycles. The van der Waals surface area contributed by atoms with E-state index in [0.717, 1.165) is 19.4 Å². The minimum Gasteiger partial charge on any atom is -0.391 e. The van der Waals surface area contributed by atoms with E-state index in [-0.39, 0.29) is 12.1 Å². The fourth-order valence-corrected chi connectivity index (χ4v) is 1.94. The molecule has 1 aromatic heterocycles. The van der Waals surface area contributed by atoms with Crippen LogP contribution in [0, 0.1) is 5.92 Å². The molecule has 0 spiro atoms. The van der Waals surface area contributed by atoms with E-state index in [2.05, 4.69) is 5.32 Å². The van der Waals surface area contributed by atoms with E-state index in [1.54, 1.807) is 11.9 Å². The van der Waals surface area contributed by atoms with Crippen molar-refractivity contribution in [2.24, 2.45) is 5.92 Å². The van der Waals surface area contributed by atoms with Crippen LogP contribution in [-0.2, 0) is 6.54 Å². The monoisotopic (exact) mass is 251 g/mol. The number of aliphatic hydroxyl groups excluding tert-OH is 1. The van der Waals surface area contributed by atoms with Crippen LogP contribution in [0.25, 0.3) is 0 Å². The Morgan fingerprint density at radius 1 is 1.50 bits per heavy atom. The van der Waals surface area contributed by atoms with E-state index >= 15 is 0 Å². The Kier molecular flexibility index (Phi) is 4.25. The number of hydrogen-bond acceptors (Lipinski definition) is 2. The van der Waals surface area contributed by atoms with Crippen LogP contribution in [-0.4, -0.2) is 46.8 Å².